The van der Waals surface area contributed by atoms with E-state index in [1.807, 2.05) is 0 Å². The lowest BCUT2D eigenvalue weighted by Gasteiger charge is -2.18. The number of hydrogen-bond donors (Lipinski definition) is 0. The van der Waals surface area contributed by atoms with Crippen molar-refractivity contribution in [3.8, 4) is 0 Å². The zero-order valence-corrected chi connectivity index (χ0v) is 15.1. The van der Waals surface area contributed by atoms with E-state index in [2.05, 4.69) is 82.6 Å². The molecule has 0 bridgehead atoms. The van der Waals surface area contributed by atoms with Crippen molar-refractivity contribution in [2.45, 2.75) is 39.3 Å². The molecule has 2 heteroatoms. The fourth-order valence-electron chi connectivity index (χ4n) is 4.37. The Morgan fingerprint density at radius 2 is 0.885 bits per heavy atom. The second kappa shape index (κ2) is 6.71. The Balaban J connectivity index is 1.24. The molecule has 3 aromatic carbocycles. The van der Waals surface area contributed by atoms with E-state index in [1.165, 1.54) is 33.4 Å². The van der Waals surface area contributed by atoms with Crippen LogP contribution in [-0.2, 0) is 39.3 Å². The van der Waals surface area contributed by atoms with Gasteiger partial charge in [0.2, 0.25) is 0 Å². The molecule has 130 valence electrons. The van der Waals surface area contributed by atoms with Crippen molar-refractivity contribution in [3.63, 3.8) is 0 Å². The molecule has 0 spiro atoms. The summed E-state index contributed by atoms with van der Waals surface area (Å²) in [5.41, 5.74) is 8.79. The van der Waals surface area contributed by atoms with Crippen LogP contribution < -0.4 is 0 Å². The van der Waals surface area contributed by atoms with Gasteiger partial charge in [-0.25, -0.2) is 0 Å². The van der Waals surface area contributed by atoms with E-state index >= 15 is 0 Å². The topological polar surface area (TPSA) is 6.48 Å². The van der Waals surface area contributed by atoms with Gasteiger partial charge in [0.15, 0.2) is 0 Å². The molecular formula is C24H24N2. The summed E-state index contributed by atoms with van der Waals surface area (Å²) in [6.45, 7) is 6.35. The SMILES string of the molecule is c1cc(CN2Cc3ccccc3C2)cc(CN2Cc3ccccc3C2)c1. The van der Waals surface area contributed by atoms with Crippen LogP contribution in [0, 0.1) is 0 Å². The van der Waals surface area contributed by atoms with Gasteiger partial charge in [-0.3, -0.25) is 9.80 Å². The van der Waals surface area contributed by atoms with Crippen molar-refractivity contribution in [2.75, 3.05) is 0 Å². The second-order valence-corrected chi connectivity index (χ2v) is 7.65. The van der Waals surface area contributed by atoms with E-state index < -0.39 is 0 Å². The lowest BCUT2D eigenvalue weighted by atomic mass is 10.1. The molecule has 0 N–H and O–H groups in total. The zero-order chi connectivity index (χ0) is 17.3. The molecule has 0 saturated carbocycles. The van der Waals surface area contributed by atoms with Crippen LogP contribution in [-0.4, -0.2) is 9.80 Å². The second-order valence-electron chi connectivity index (χ2n) is 7.65. The quantitative estimate of drug-likeness (QED) is 0.678. The number of rotatable bonds is 4. The fourth-order valence-corrected chi connectivity index (χ4v) is 4.37. The highest BCUT2D eigenvalue weighted by Gasteiger charge is 2.20. The van der Waals surface area contributed by atoms with Gasteiger partial charge in [-0.05, 0) is 33.4 Å². The predicted octanol–water partition coefficient (Wildman–Crippen LogP) is 4.72. The van der Waals surface area contributed by atoms with Crippen LogP contribution in [0.5, 0.6) is 0 Å². The van der Waals surface area contributed by atoms with E-state index in [4.69, 9.17) is 0 Å². The predicted molar refractivity (Wildman–Crippen MR) is 105 cm³/mol. The average Bonchev–Trinajstić information content (AvgIpc) is 3.24. The summed E-state index contributed by atoms with van der Waals surface area (Å²) in [7, 11) is 0. The Labute approximate surface area is 155 Å². The number of fused-ring (bicyclic) bond motifs is 2. The summed E-state index contributed by atoms with van der Waals surface area (Å²) in [5, 5.41) is 0. The van der Waals surface area contributed by atoms with Crippen molar-refractivity contribution >= 4 is 0 Å². The molecule has 0 atom stereocenters. The summed E-state index contributed by atoms with van der Waals surface area (Å²) in [4.78, 5) is 5.07. The third-order valence-electron chi connectivity index (χ3n) is 5.62. The van der Waals surface area contributed by atoms with Gasteiger partial charge in [0.25, 0.3) is 0 Å². The number of benzene rings is 3. The molecule has 0 radical (unpaired) electrons. The third-order valence-corrected chi connectivity index (χ3v) is 5.62. The maximum atomic E-state index is 2.54. The Kier molecular flexibility index (Phi) is 4.08. The molecule has 0 unspecified atom stereocenters. The van der Waals surface area contributed by atoms with Crippen molar-refractivity contribution in [1.82, 2.24) is 9.80 Å². The minimum atomic E-state index is 1.03. The normalized spacial score (nSPS) is 16.6. The first kappa shape index (κ1) is 15.8. The van der Waals surface area contributed by atoms with Crippen LogP contribution in [0.25, 0.3) is 0 Å². The Morgan fingerprint density at radius 1 is 0.500 bits per heavy atom. The van der Waals surface area contributed by atoms with E-state index in [9.17, 15) is 0 Å². The van der Waals surface area contributed by atoms with E-state index in [1.54, 1.807) is 0 Å². The van der Waals surface area contributed by atoms with Crippen LogP contribution in [0.4, 0.5) is 0 Å². The molecule has 26 heavy (non-hydrogen) atoms. The zero-order valence-electron chi connectivity index (χ0n) is 15.1. The highest BCUT2D eigenvalue weighted by Crippen LogP contribution is 2.26. The van der Waals surface area contributed by atoms with Crippen molar-refractivity contribution < 1.29 is 0 Å². The van der Waals surface area contributed by atoms with Gasteiger partial charge in [-0.2, -0.15) is 0 Å². The van der Waals surface area contributed by atoms with Gasteiger partial charge in [0.05, 0.1) is 0 Å². The van der Waals surface area contributed by atoms with Gasteiger partial charge in [0, 0.05) is 39.3 Å². The molecule has 0 amide bonds. The number of nitrogens with zero attached hydrogens (tertiary/aromatic N) is 2. The van der Waals surface area contributed by atoms with Gasteiger partial charge < -0.3 is 0 Å². The average molecular weight is 340 g/mol. The van der Waals surface area contributed by atoms with Crippen molar-refractivity contribution in [2.24, 2.45) is 0 Å². The van der Waals surface area contributed by atoms with Crippen LogP contribution >= 0.6 is 0 Å². The minimum Gasteiger partial charge on any atom is -0.291 e. The highest BCUT2D eigenvalue weighted by molar-refractivity contribution is 5.32. The summed E-state index contributed by atoms with van der Waals surface area (Å²) in [6.07, 6.45) is 0. The molecule has 2 aliphatic heterocycles. The Morgan fingerprint density at radius 3 is 1.27 bits per heavy atom. The van der Waals surface area contributed by atoms with E-state index in [-0.39, 0.29) is 0 Å². The molecule has 2 heterocycles. The van der Waals surface area contributed by atoms with E-state index in [0.29, 0.717) is 0 Å². The maximum absolute atomic E-state index is 2.54. The lowest BCUT2D eigenvalue weighted by Crippen LogP contribution is -2.17. The monoisotopic (exact) mass is 340 g/mol. The van der Waals surface area contributed by atoms with Gasteiger partial charge in [-0.1, -0.05) is 72.8 Å². The lowest BCUT2D eigenvalue weighted by molar-refractivity contribution is 0.271. The molecule has 0 aliphatic carbocycles. The molecule has 0 aromatic heterocycles. The first-order valence-electron chi connectivity index (χ1n) is 9.49. The van der Waals surface area contributed by atoms with Crippen LogP contribution in [0.3, 0.4) is 0 Å². The maximum Gasteiger partial charge on any atom is 0.0244 e. The molecule has 2 nitrogen and oxygen atoms in total. The van der Waals surface area contributed by atoms with Crippen molar-refractivity contribution in [1.29, 1.82) is 0 Å². The van der Waals surface area contributed by atoms with Gasteiger partial charge in [-0.15, -0.1) is 0 Å². The summed E-state index contributed by atoms with van der Waals surface area (Å²) < 4.78 is 0. The summed E-state index contributed by atoms with van der Waals surface area (Å²) >= 11 is 0. The molecule has 0 fully saturated rings. The Bertz CT molecular complexity index is 808. The summed E-state index contributed by atoms with van der Waals surface area (Å²) in [6, 6.07) is 26.8. The van der Waals surface area contributed by atoms with E-state index in [0.717, 1.165) is 39.3 Å². The summed E-state index contributed by atoms with van der Waals surface area (Å²) in [5.74, 6) is 0. The fraction of sp³-hybridized carbons (Fsp3) is 0.250. The van der Waals surface area contributed by atoms with Gasteiger partial charge in [0.1, 0.15) is 0 Å². The smallest absolute Gasteiger partial charge is 0.0244 e. The molecule has 0 saturated heterocycles. The van der Waals surface area contributed by atoms with Gasteiger partial charge >= 0.3 is 0 Å². The van der Waals surface area contributed by atoms with Crippen LogP contribution in [0.2, 0.25) is 0 Å². The minimum absolute atomic E-state index is 1.03. The highest BCUT2D eigenvalue weighted by atomic mass is 15.1. The number of hydrogen-bond acceptors (Lipinski definition) is 2. The molecule has 2 aliphatic rings. The van der Waals surface area contributed by atoms with Crippen LogP contribution in [0.1, 0.15) is 33.4 Å². The van der Waals surface area contributed by atoms with Crippen LogP contribution in [0.15, 0.2) is 72.8 Å². The largest absolute Gasteiger partial charge is 0.291 e. The molecule has 5 rings (SSSR count). The molecule has 3 aromatic rings. The standard InChI is InChI=1S/C24H24N2/c1-2-9-22-16-25(15-21(22)8-1)13-19-6-5-7-20(12-19)14-26-17-23-10-3-4-11-24(23)18-26/h1-12H,13-18H2. The molecular weight excluding hydrogens is 316 g/mol. The first-order chi connectivity index (χ1) is 12.8. The third kappa shape index (κ3) is 3.18. The Hall–Kier alpha value is -2.42. The first-order valence-corrected chi connectivity index (χ1v) is 9.49. The van der Waals surface area contributed by atoms with Crippen molar-refractivity contribution in [3.05, 3.63) is 106 Å².